The highest BCUT2D eigenvalue weighted by atomic mass is 19.4. The third kappa shape index (κ3) is 6.11. The van der Waals surface area contributed by atoms with Crippen LogP contribution in [-0.2, 0) is 0 Å². The van der Waals surface area contributed by atoms with Crippen LogP contribution in [0, 0.1) is 12.7 Å². The first-order valence-corrected chi connectivity index (χ1v) is 12.4. The molecule has 1 aliphatic carbocycles. The van der Waals surface area contributed by atoms with Crippen molar-refractivity contribution in [1.82, 2.24) is 14.9 Å². The molecule has 10 heteroatoms. The van der Waals surface area contributed by atoms with Gasteiger partial charge in [-0.05, 0) is 56.0 Å². The van der Waals surface area contributed by atoms with Gasteiger partial charge in [-0.2, -0.15) is 18.2 Å². The van der Waals surface area contributed by atoms with E-state index in [9.17, 15) is 17.6 Å². The molecule has 2 heterocycles. The normalized spacial score (nSPS) is 17.6. The van der Waals surface area contributed by atoms with E-state index in [0.717, 1.165) is 30.6 Å². The molecule has 0 unspecified atom stereocenters. The van der Waals surface area contributed by atoms with Crippen molar-refractivity contribution in [2.24, 2.45) is 4.99 Å². The summed E-state index contributed by atoms with van der Waals surface area (Å²) in [5.41, 5.74) is 1.19. The molecule has 1 aliphatic heterocycles. The molecule has 1 saturated heterocycles. The minimum Gasteiger partial charge on any atom is -0.355 e. The Balaban J connectivity index is 1.63. The van der Waals surface area contributed by atoms with Crippen LogP contribution in [0.2, 0.25) is 0 Å². The van der Waals surface area contributed by atoms with Gasteiger partial charge in [0.25, 0.3) is 0 Å². The standard InChI is InChI=1S/C27H32F4N6/c1-5-7-21(27(29,30)31)25(32-3)37-13-6-12-36(14-15-37)24-17-23(19-8-11-22(28)18(2)16-19)33-26(34-24)35(4)20-9-10-20/h5,7-8,11,16-17,20H,1,6,9-10,12-15H2,2-4H3/b21-7+,32-25?. The number of aliphatic imine (C=N–C) groups is 1. The Morgan fingerprint density at radius 2 is 1.89 bits per heavy atom. The summed E-state index contributed by atoms with van der Waals surface area (Å²) in [4.78, 5) is 19.4. The molecule has 0 radical (unpaired) electrons. The Labute approximate surface area is 215 Å². The molecule has 1 aromatic heterocycles. The van der Waals surface area contributed by atoms with Crippen molar-refractivity contribution >= 4 is 17.6 Å². The van der Waals surface area contributed by atoms with E-state index in [0.29, 0.717) is 61.7 Å². The second-order valence-electron chi connectivity index (χ2n) is 9.41. The van der Waals surface area contributed by atoms with E-state index in [2.05, 4.69) is 21.4 Å². The van der Waals surface area contributed by atoms with Gasteiger partial charge < -0.3 is 14.7 Å². The van der Waals surface area contributed by atoms with Gasteiger partial charge in [-0.1, -0.05) is 12.7 Å². The third-order valence-corrected chi connectivity index (χ3v) is 6.73. The van der Waals surface area contributed by atoms with E-state index in [4.69, 9.17) is 9.97 Å². The lowest BCUT2D eigenvalue weighted by Crippen LogP contribution is -2.39. The van der Waals surface area contributed by atoms with Gasteiger partial charge >= 0.3 is 6.18 Å². The highest BCUT2D eigenvalue weighted by molar-refractivity contribution is 5.99. The molecule has 0 spiro atoms. The molecule has 37 heavy (non-hydrogen) atoms. The van der Waals surface area contributed by atoms with Crippen LogP contribution in [0.3, 0.4) is 0 Å². The molecule has 1 saturated carbocycles. The third-order valence-electron chi connectivity index (χ3n) is 6.73. The van der Waals surface area contributed by atoms with E-state index in [1.165, 1.54) is 13.1 Å². The van der Waals surface area contributed by atoms with Crippen LogP contribution in [0.4, 0.5) is 29.3 Å². The number of alkyl halides is 3. The van der Waals surface area contributed by atoms with Crippen molar-refractivity contribution in [3.8, 4) is 11.3 Å². The largest absolute Gasteiger partial charge is 0.419 e. The van der Waals surface area contributed by atoms with Crippen molar-refractivity contribution < 1.29 is 17.6 Å². The van der Waals surface area contributed by atoms with Crippen LogP contribution < -0.4 is 9.80 Å². The van der Waals surface area contributed by atoms with E-state index in [1.807, 2.05) is 13.1 Å². The predicted octanol–water partition coefficient (Wildman–Crippen LogP) is 5.40. The van der Waals surface area contributed by atoms with Gasteiger partial charge in [0, 0.05) is 57.9 Å². The summed E-state index contributed by atoms with van der Waals surface area (Å²) in [5.74, 6) is 0.915. The van der Waals surface area contributed by atoms with E-state index in [1.54, 1.807) is 24.0 Å². The van der Waals surface area contributed by atoms with E-state index < -0.39 is 11.7 Å². The quantitative estimate of drug-likeness (QED) is 0.223. The Morgan fingerprint density at radius 3 is 2.51 bits per heavy atom. The molecule has 2 fully saturated rings. The monoisotopic (exact) mass is 516 g/mol. The van der Waals surface area contributed by atoms with E-state index in [-0.39, 0.29) is 11.7 Å². The van der Waals surface area contributed by atoms with Gasteiger partial charge in [0.1, 0.15) is 17.5 Å². The lowest BCUT2D eigenvalue weighted by atomic mass is 10.1. The summed E-state index contributed by atoms with van der Waals surface area (Å²) in [5, 5.41) is 0. The van der Waals surface area contributed by atoms with Crippen LogP contribution in [0.25, 0.3) is 11.3 Å². The number of anilines is 2. The smallest absolute Gasteiger partial charge is 0.355 e. The first kappa shape index (κ1) is 26.6. The molecular formula is C27H32F4N6. The number of hydrogen-bond acceptors (Lipinski definition) is 5. The second-order valence-corrected chi connectivity index (χ2v) is 9.41. The Kier molecular flexibility index (Phi) is 7.85. The molecule has 4 rings (SSSR count). The van der Waals surface area contributed by atoms with Gasteiger partial charge in [-0.3, -0.25) is 4.99 Å². The van der Waals surface area contributed by atoms with Crippen LogP contribution in [-0.4, -0.2) is 73.2 Å². The number of aryl methyl sites for hydroxylation is 1. The van der Waals surface area contributed by atoms with Gasteiger partial charge in [0.2, 0.25) is 5.95 Å². The summed E-state index contributed by atoms with van der Waals surface area (Å²) >= 11 is 0. The highest BCUT2D eigenvalue weighted by Gasteiger charge is 2.39. The Bertz CT molecular complexity index is 1200. The lowest BCUT2D eigenvalue weighted by Gasteiger charge is -2.28. The minimum atomic E-state index is -4.54. The minimum absolute atomic E-state index is 0.0893. The number of aromatic nitrogens is 2. The van der Waals surface area contributed by atoms with Crippen LogP contribution in [0.15, 0.2) is 53.6 Å². The maximum Gasteiger partial charge on any atom is 0.419 e. The maximum absolute atomic E-state index is 13.9. The van der Waals surface area contributed by atoms with Gasteiger partial charge in [-0.15, -0.1) is 0 Å². The fraction of sp³-hybridized carbons (Fsp3) is 0.444. The SMILES string of the molecule is C=C/C=C(\C(=NC)N1CCCN(c2cc(-c3ccc(F)c(C)c3)nc(N(C)C3CC3)n2)CC1)C(F)(F)F. The molecule has 0 amide bonds. The van der Waals surface area contributed by atoms with Gasteiger partial charge in [-0.25, -0.2) is 9.37 Å². The van der Waals surface area contributed by atoms with Crippen LogP contribution in [0.1, 0.15) is 24.8 Å². The number of hydrogen-bond donors (Lipinski definition) is 0. The van der Waals surface area contributed by atoms with E-state index >= 15 is 0 Å². The summed E-state index contributed by atoms with van der Waals surface area (Å²) in [7, 11) is 3.34. The Hall–Kier alpha value is -3.43. The topological polar surface area (TPSA) is 47.9 Å². The highest BCUT2D eigenvalue weighted by Crippen LogP contribution is 2.33. The number of amidine groups is 1. The van der Waals surface area contributed by atoms with Crippen molar-refractivity contribution in [2.75, 3.05) is 50.1 Å². The Morgan fingerprint density at radius 1 is 1.14 bits per heavy atom. The van der Waals surface area contributed by atoms with Crippen LogP contribution in [0.5, 0.6) is 0 Å². The molecule has 0 atom stereocenters. The average Bonchev–Trinajstić information content (AvgIpc) is 3.72. The summed E-state index contributed by atoms with van der Waals surface area (Å²) in [6, 6.07) is 7.16. The maximum atomic E-state index is 13.9. The second kappa shape index (κ2) is 10.9. The van der Waals surface area contributed by atoms with Gasteiger partial charge in [0.05, 0.1) is 11.3 Å². The number of rotatable bonds is 6. The molecule has 2 aliphatic rings. The number of nitrogens with zero attached hydrogens (tertiary/aromatic N) is 6. The van der Waals surface area contributed by atoms with Gasteiger partial charge in [0.15, 0.2) is 0 Å². The molecule has 0 N–H and O–H groups in total. The summed E-state index contributed by atoms with van der Waals surface area (Å²) < 4.78 is 55.1. The molecule has 0 bridgehead atoms. The van der Waals surface area contributed by atoms with Crippen molar-refractivity contribution in [2.45, 2.75) is 38.4 Å². The average molecular weight is 517 g/mol. The molecule has 198 valence electrons. The first-order chi connectivity index (χ1) is 17.6. The zero-order valence-electron chi connectivity index (χ0n) is 21.4. The summed E-state index contributed by atoms with van der Waals surface area (Å²) in [6.07, 6.45) is 0.342. The zero-order chi connectivity index (χ0) is 26.7. The van der Waals surface area contributed by atoms with Crippen LogP contribution >= 0.6 is 0 Å². The predicted molar refractivity (Wildman–Crippen MR) is 140 cm³/mol. The number of benzene rings is 1. The first-order valence-electron chi connectivity index (χ1n) is 12.4. The molecule has 1 aromatic carbocycles. The molecule has 2 aromatic rings. The van der Waals surface area contributed by atoms with Crippen molar-refractivity contribution in [1.29, 1.82) is 0 Å². The number of allylic oxidation sites excluding steroid dienone is 2. The summed E-state index contributed by atoms with van der Waals surface area (Å²) in [6.45, 7) is 7.00. The fourth-order valence-corrected chi connectivity index (χ4v) is 4.52. The number of halogens is 4. The lowest BCUT2D eigenvalue weighted by molar-refractivity contribution is -0.0869. The fourth-order valence-electron chi connectivity index (χ4n) is 4.52. The molecule has 6 nitrogen and oxygen atoms in total. The van der Waals surface area contributed by atoms with Crippen molar-refractivity contribution in [3.63, 3.8) is 0 Å². The molecular weight excluding hydrogens is 484 g/mol. The van der Waals surface area contributed by atoms with Crippen molar-refractivity contribution in [3.05, 3.63) is 60.0 Å². The zero-order valence-corrected chi connectivity index (χ0v) is 21.4.